The zero-order chi connectivity index (χ0) is 24.1. The third-order valence-electron chi connectivity index (χ3n) is 6.43. The maximum absolute atomic E-state index is 14.8. The summed E-state index contributed by atoms with van der Waals surface area (Å²) in [5, 5.41) is 0. The smallest absolute Gasteiger partial charge is 0.200 e. The SMILES string of the molecule is CCOc1ccc(-c2ccc(COc3ccc(C4CCC(OC)CC4)c(F)c3F)cc2)c(F)c1. The lowest BCUT2D eigenvalue weighted by atomic mass is 9.82. The second-order valence-electron chi connectivity index (χ2n) is 8.55. The van der Waals surface area contributed by atoms with Crippen molar-refractivity contribution in [3.63, 3.8) is 0 Å². The summed E-state index contributed by atoms with van der Waals surface area (Å²) in [5.74, 6) is -1.81. The number of rotatable bonds is 8. The highest BCUT2D eigenvalue weighted by Gasteiger charge is 2.26. The summed E-state index contributed by atoms with van der Waals surface area (Å²) in [7, 11) is 1.68. The lowest BCUT2D eigenvalue weighted by molar-refractivity contribution is 0.0654. The standard InChI is InChI=1S/C28H29F3O3/c1-3-33-22-12-13-23(25(29)16-22)19-6-4-18(5-7-19)17-34-26-15-14-24(27(30)28(26)31)20-8-10-21(32-2)11-9-20/h4-7,12-16,20-21H,3,8-11,17H2,1-2H3. The second kappa shape index (κ2) is 11.0. The van der Waals surface area contributed by atoms with E-state index in [1.165, 1.54) is 12.1 Å². The van der Waals surface area contributed by atoms with Gasteiger partial charge in [-0.2, -0.15) is 4.39 Å². The van der Waals surface area contributed by atoms with E-state index in [9.17, 15) is 13.2 Å². The van der Waals surface area contributed by atoms with Crippen LogP contribution in [0.25, 0.3) is 11.1 Å². The third kappa shape index (κ3) is 5.39. The van der Waals surface area contributed by atoms with Crippen LogP contribution in [0, 0.1) is 17.5 Å². The van der Waals surface area contributed by atoms with Gasteiger partial charge in [0.1, 0.15) is 18.2 Å². The van der Waals surface area contributed by atoms with Crippen LogP contribution in [-0.2, 0) is 11.3 Å². The van der Waals surface area contributed by atoms with Crippen LogP contribution in [0.1, 0.15) is 49.7 Å². The molecule has 1 aliphatic rings. The van der Waals surface area contributed by atoms with Gasteiger partial charge in [-0.25, -0.2) is 8.78 Å². The molecule has 1 fully saturated rings. The zero-order valence-electron chi connectivity index (χ0n) is 19.5. The Morgan fingerprint density at radius 3 is 2.21 bits per heavy atom. The maximum atomic E-state index is 14.8. The fourth-order valence-electron chi connectivity index (χ4n) is 4.51. The number of methoxy groups -OCH3 is 1. The predicted octanol–water partition coefficient (Wildman–Crippen LogP) is 7.42. The Bertz CT molecular complexity index is 1110. The van der Waals surface area contributed by atoms with Crippen LogP contribution in [-0.4, -0.2) is 19.8 Å². The summed E-state index contributed by atoms with van der Waals surface area (Å²) in [6.45, 7) is 2.38. The number of benzene rings is 3. The van der Waals surface area contributed by atoms with Crippen molar-refractivity contribution < 1.29 is 27.4 Å². The molecule has 180 valence electrons. The molecule has 0 heterocycles. The molecule has 0 saturated heterocycles. The van der Waals surface area contributed by atoms with Gasteiger partial charge in [-0.1, -0.05) is 30.3 Å². The van der Waals surface area contributed by atoms with Crippen LogP contribution in [0.15, 0.2) is 54.6 Å². The van der Waals surface area contributed by atoms with Gasteiger partial charge in [-0.3, -0.25) is 0 Å². The third-order valence-corrected chi connectivity index (χ3v) is 6.43. The van der Waals surface area contributed by atoms with Crippen molar-refractivity contribution in [2.45, 2.75) is 51.2 Å². The van der Waals surface area contributed by atoms with Crippen molar-refractivity contribution >= 4 is 0 Å². The Labute approximate surface area is 198 Å². The van der Waals surface area contributed by atoms with Crippen molar-refractivity contribution in [2.24, 2.45) is 0 Å². The molecule has 0 spiro atoms. The first-order valence-electron chi connectivity index (χ1n) is 11.6. The molecular weight excluding hydrogens is 441 g/mol. The average molecular weight is 471 g/mol. The Morgan fingerprint density at radius 2 is 1.56 bits per heavy atom. The van der Waals surface area contributed by atoms with Gasteiger partial charge < -0.3 is 14.2 Å². The Morgan fingerprint density at radius 1 is 0.824 bits per heavy atom. The van der Waals surface area contributed by atoms with Crippen molar-refractivity contribution in [1.29, 1.82) is 0 Å². The first-order chi connectivity index (χ1) is 16.5. The molecular formula is C28H29F3O3. The molecule has 4 rings (SSSR count). The summed E-state index contributed by atoms with van der Waals surface area (Å²) >= 11 is 0. The van der Waals surface area contributed by atoms with E-state index in [4.69, 9.17) is 14.2 Å². The fourth-order valence-corrected chi connectivity index (χ4v) is 4.51. The topological polar surface area (TPSA) is 27.7 Å². The summed E-state index contributed by atoms with van der Waals surface area (Å²) in [4.78, 5) is 0. The molecule has 3 nitrogen and oxygen atoms in total. The maximum Gasteiger partial charge on any atom is 0.200 e. The second-order valence-corrected chi connectivity index (χ2v) is 8.55. The number of ether oxygens (including phenoxy) is 3. The highest BCUT2D eigenvalue weighted by atomic mass is 19.2. The van der Waals surface area contributed by atoms with E-state index in [-0.39, 0.29) is 30.2 Å². The van der Waals surface area contributed by atoms with Crippen LogP contribution in [0.4, 0.5) is 13.2 Å². The molecule has 1 aliphatic carbocycles. The predicted molar refractivity (Wildman–Crippen MR) is 126 cm³/mol. The highest BCUT2D eigenvalue weighted by Crippen LogP contribution is 2.37. The van der Waals surface area contributed by atoms with Crippen molar-refractivity contribution in [3.8, 4) is 22.6 Å². The minimum atomic E-state index is -0.959. The number of hydrogen-bond acceptors (Lipinski definition) is 3. The number of hydrogen-bond donors (Lipinski definition) is 0. The Hall–Kier alpha value is -2.99. The summed E-state index contributed by atoms with van der Waals surface area (Å²) < 4.78 is 60.2. The van der Waals surface area contributed by atoms with E-state index in [1.807, 2.05) is 6.92 Å². The molecule has 0 aromatic heterocycles. The first kappa shape index (κ1) is 24.1. The molecule has 0 bridgehead atoms. The van der Waals surface area contributed by atoms with Crippen LogP contribution in [0.5, 0.6) is 11.5 Å². The van der Waals surface area contributed by atoms with Crippen LogP contribution >= 0.6 is 0 Å². The van der Waals surface area contributed by atoms with Crippen molar-refractivity contribution in [2.75, 3.05) is 13.7 Å². The summed E-state index contributed by atoms with van der Waals surface area (Å²) in [5.41, 5.74) is 2.33. The molecule has 0 amide bonds. The zero-order valence-corrected chi connectivity index (χ0v) is 19.5. The van der Waals surface area contributed by atoms with Crippen LogP contribution < -0.4 is 9.47 Å². The van der Waals surface area contributed by atoms with Gasteiger partial charge in [0, 0.05) is 18.7 Å². The van der Waals surface area contributed by atoms with Gasteiger partial charge >= 0.3 is 0 Å². The van der Waals surface area contributed by atoms with E-state index < -0.39 is 11.6 Å². The van der Waals surface area contributed by atoms with E-state index in [2.05, 4.69) is 0 Å². The van der Waals surface area contributed by atoms with E-state index in [1.54, 1.807) is 49.6 Å². The van der Waals surface area contributed by atoms with Gasteiger partial charge in [0.2, 0.25) is 5.82 Å². The molecule has 34 heavy (non-hydrogen) atoms. The molecule has 6 heteroatoms. The van der Waals surface area contributed by atoms with E-state index >= 15 is 0 Å². The fraction of sp³-hybridized carbons (Fsp3) is 0.357. The van der Waals surface area contributed by atoms with E-state index in [0.717, 1.165) is 31.2 Å². The van der Waals surface area contributed by atoms with Gasteiger partial charge in [0.15, 0.2) is 11.6 Å². The minimum absolute atomic E-state index is 0.00880. The molecule has 3 aromatic rings. The normalized spacial score (nSPS) is 18.0. The lowest BCUT2D eigenvalue weighted by Crippen LogP contribution is -2.20. The molecule has 0 radical (unpaired) electrons. The van der Waals surface area contributed by atoms with Gasteiger partial charge in [0.25, 0.3) is 0 Å². The van der Waals surface area contributed by atoms with Gasteiger partial charge in [0.05, 0.1) is 12.7 Å². The highest BCUT2D eigenvalue weighted by molar-refractivity contribution is 5.65. The van der Waals surface area contributed by atoms with Crippen molar-refractivity contribution in [1.82, 2.24) is 0 Å². The molecule has 1 saturated carbocycles. The minimum Gasteiger partial charge on any atom is -0.494 e. The van der Waals surface area contributed by atoms with Gasteiger partial charge in [-0.05, 0) is 73.4 Å². The molecule has 0 unspecified atom stereocenters. The number of halogens is 3. The molecule has 3 aromatic carbocycles. The summed E-state index contributed by atoms with van der Waals surface area (Å²) in [6, 6.07) is 15.0. The van der Waals surface area contributed by atoms with Crippen LogP contribution in [0.3, 0.4) is 0 Å². The lowest BCUT2D eigenvalue weighted by Gasteiger charge is -2.28. The molecule has 0 atom stereocenters. The largest absolute Gasteiger partial charge is 0.494 e. The molecule has 0 N–H and O–H groups in total. The van der Waals surface area contributed by atoms with Crippen LogP contribution in [0.2, 0.25) is 0 Å². The monoisotopic (exact) mass is 470 g/mol. The van der Waals surface area contributed by atoms with Gasteiger partial charge in [-0.15, -0.1) is 0 Å². The van der Waals surface area contributed by atoms with Crippen molar-refractivity contribution in [3.05, 3.63) is 83.2 Å². The quantitative estimate of drug-likeness (QED) is 0.343. The first-order valence-corrected chi connectivity index (χ1v) is 11.6. The Kier molecular flexibility index (Phi) is 7.78. The summed E-state index contributed by atoms with van der Waals surface area (Å²) in [6.07, 6.45) is 3.44. The average Bonchev–Trinajstić information content (AvgIpc) is 2.86. The van der Waals surface area contributed by atoms with E-state index in [0.29, 0.717) is 29.0 Å². The molecule has 0 aliphatic heterocycles. The Balaban J connectivity index is 1.40.